The summed E-state index contributed by atoms with van der Waals surface area (Å²) in [6, 6.07) is 16.5. The number of aryl methyl sites for hydroxylation is 4. The van der Waals surface area contributed by atoms with E-state index >= 15 is 0 Å². The molecule has 1 heterocycles. The first-order valence-corrected chi connectivity index (χ1v) is 14.9. The number of rotatable bonds is 8. The Kier molecular flexibility index (Phi) is 12.2. The van der Waals surface area contributed by atoms with Crippen molar-refractivity contribution in [2.45, 2.75) is 94.9 Å². The van der Waals surface area contributed by atoms with E-state index in [0.717, 1.165) is 53.4 Å². The second-order valence-corrected chi connectivity index (χ2v) is 12.0. The molecule has 227 valence electrons. The molecule has 1 radical (unpaired) electrons. The van der Waals surface area contributed by atoms with Crippen molar-refractivity contribution in [2.75, 3.05) is 0 Å². The third-order valence-electron chi connectivity index (χ3n) is 9.07. The monoisotopic (exact) mass is 744 g/mol. The molecule has 4 nitrogen and oxygen atoms in total. The number of fused-ring (bicyclic) bond motifs is 3. The summed E-state index contributed by atoms with van der Waals surface area (Å²) in [5, 5.41) is 13.7. The normalized spacial score (nSPS) is 12.1. The summed E-state index contributed by atoms with van der Waals surface area (Å²) in [7, 11) is 0. The maximum absolute atomic E-state index is 12.2. The fraction of sp³-hybridized carbons (Fsp3) is 0.432. The fourth-order valence-corrected chi connectivity index (χ4v) is 5.30. The van der Waals surface area contributed by atoms with Crippen LogP contribution in [0.15, 0.2) is 54.6 Å². The molecule has 0 saturated heterocycles. The fourth-order valence-electron chi connectivity index (χ4n) is 5.30. The largest absolute Gasteiger partial charge is 0.512 e. The van der Waals surface area contributed by atoms with Crippen LogP contribution in [0.2, 0.25) is 0 Å². The van der Waals surface area contributed by atoms with Gasteiger partial charge in [-0.3, -0.25) is 9.78 Å². The van der Waals surface area contributed by atoms with E-state index in [0.29, 0.717) is 0 Å². The first-order valence-electron chi connectivity index (χ1n) is 14.9. The number of hydrogen-bond acceptors (Lipinski definition) is 4. The van der Waals surface area contributed by atoms with Crippen LogP contribution in [0.4, 0.5) is 0 Å². The molecule has 0 amide bonds. The van der Waals surface area contributed by atoms with Crippen LogP contribution in [0.5, 0.6) is 0 Å². The Labute approximate surface area is 266 Å². The molecule has 0 unspecified atom stereocenters. The van der Waals surface area contributed by atoms with Gasteiger partial charge in [0.1, 0.15) is 12.1 Å². The Morgan fingerprint density at radius 3 is 2.02 bits per heavy atom. The minimum Gasteiger partial charge on any atom is -0.512 e. The molecule has 5 heteroatoms. The molecule has 1 N–H and O–H groups in total. The Morgan fingerprint density at radius 2 is 1.45 bits per heavy atom. The van der Waals surface area contributed by atoms with Crippen molar-refractivity contribution in [1.29, 1.82) is 0 Å². The maximum Gasteiger partial charge on any atom is 0.164 e. The molecular weight excluding hydrogens is 697 g/mol. The molecule has 0 aliphatic heterocycles. The van der Waals surface area contributed by atoms with E-state index in [-0.39, 0.29) is 42.5 Å². The van der Waals surface area contributed by atoms with E-state index in [1.165, 1.54) is 33.5 Å². The third kappa shape index (κ3) is 7.54. The number of hydrogen-bond donors (Lipinski definition) is 1. The topological polar surface area (TPSA) is 63.1 Å². The number of benzene rings is 3. The predicted octanol–water partition coefficient (Wildman–Crippen LogP) is 10.1. The van der Waals surface area contributed by atoms with Crippen molar-refractivity contribution in [3.63, 3.8) is 0 Å². The summed E-state index contributed by atoms with van der Waals surface area (Å²) in [6.45, 7) is 20.5. The van der Waals surface area contributed by atoms with Crippen LogP contribution in [0.1, 0.15) is 89.5 Å². The van der Waals surface area contributed by atoms with Crippen LogP contribution in [-0.2, 0) is 24.9 Å². The second kappa shape index (κ2) is 14.5. The standard InChI is InChI=1S/C22H19N2.C15H28O2.Ir/c1-13-7-14(2)11-18(10-13)21-19-6-5-17-9-15(3)8-16(4)20(17)22(19)24-12-23-21;1-7-14(5,8-2)12(16)11-13(17)15(6,9-3)10-4;/h5-10,12H,1-4H3;11,16H,7-10H2,1-6H3;/q-1;;/b;12-11-;. The van der Waals surface area contributed by atoms with Crippen LogP contribution < -0.4 is 0 Å². The van der Waals surface area contributed by atoms with Gasteiger partial charge >= 0.3 is 0 Å². The van der Waals surface area contributed by atoms with Crippen LogP contribution in [0.3, 0.4) is 0 Å². The van der Waals surface area contributed by atoms with Gasteiger partial charge in [-0.25, -0.2) is 4.98 Å². The molecule has 0 fully saturated rings. The minimum absolute atomic E-state index is 0. The summed E-state index contributed by atoms with van der Waals surface area (Å²) in [5.41, 5.74) is 7.28. The summed E-state index contributed by atoms with van der Waals surface area (Å²) >= 11 is 0. The number of aliphatic hydroxyl groups is 1. The van der Waals surface area contributed by atoms with Gasteiger partial charge in [0, 0.05) is 42.4 Å². The zero-order valence-electron chi connectivity index (χ0n) is 27.0. The molecule has 4 aromatic rings. The van der Waals surface area contributed by atoms with E-state index < -0.39 is 0 Å². The summed E-state index contributed by atoms with van der Waals surface area (Å²) in [6.07, 6.45) is 6.42. The van der Waals surface area contributed by atoms with E-state index in [9.17, 15) is 9.90 Å². The average Bonchev–Trinajstić information content (AvgIpc) is 2.95. The molecule has 0 saturated carbocycles. The third-order valence-corrected chi connectivity index (χ3v) is 9.07. The van der Waals surface area contributed by atoms with Crippen LogP contribution in [0, 0.1) is 44.6 Å². The number of ketones is 1. The quantitative estimate of drug-likeness (QED) is 0.0845. The molecule has 0 atom stereocenters. The van der Waals surface area contributed by atoms with Gasteiger partial charge in [0.2, 0.25) is 0 Å². The van der Waals surface area contributed by atoms with Gasteiger partial charge in [-0.15, -0.1) is 34.9 Å². The van der Waals surface area contributed by atoms with Gasteiger partial charge in [0.15, 0.2) is 5.78 Å². The smallest absolute Gasteiger partial charge is 0.164 e. The molecule has 3 aromatic carbocycles. The van der Waals surface area contributed by atoms with Crippen LogP contribution in [0.25, 0.3) is 32.9 Å². The number of carbonyl (C=O) groups is 1. The molecular formula is C37H47IrN2O2-. The summed E-state index contributed by atoms with van der Waals surface area (Å²) in [4.78, 5) is 21.4. The Hall–Kier alpha value is -2.88. The molecule has 0 aliphatic rings. The SMILES string of the molecule is CCC(C)(CC)C(=O)/C=C(\O)C(C)(CC)CC.Cc1[c-]c(-c2ncnc3c2ccc2cc(C)cc(C)c23)cc(C)c1.[Ir]. The number of aliphatic hydroxyl groups excluding tert-OH is 1. The van der Waals surface area contributed by atoms with Gasteiger partial charge in [0.05, 0.1) is 5.52 Å². The van der Waals surface area contributed by atoms with Crippen molar-refractivity contribution >= 4 is 27.5 Å². The first-order chi connectivity index (χ1) is 19.3. The zero-order valence-corrected chi connectivity index (χ0v) is 29.4. The Bertz CT molecular complexity index is 1560. The molecule has 42 heavy (non-hydrogen) atoms. The van der Waals surface area contributed by atoms with Gasteiger partial charge < -0.3 is 5.11 Å². The van der Waals surface area contributed by atoms with Gasteiger partial charge in [0.25, 0.3) is 0 Å². The number of nitrogens with zero attached hydrogens (tertiary/aromatic N) is 2. The zero-order chi connectivity index (χ0) is 30.5. The van der Waals surface area contributed by atoms with Crippen molar-refractivity contribution in [3.8, 4) is 11.3 Å². The molecule has 1 aromatic heterocycles. The Morgan fingerprint density at radius 1 is 0.857 bits per heavy atom. The minimum atomic E-state index is -0.337. The summed E-state index contributed by atoms with van der Waals surface area (Å²) < 4.78 is 0. The van der Waals surface area contributed by atoms with Gasteiger partial charge in [-0.05, 0) is 61.6 Å². The van der Waals surface area contributed by atoms with Gasteiger partial charge in [-0.1, -0.05) is 85.2 Å². The van der Waals surface area contributed by atoms with Gasteiger partial charge in [-0.2, -0.15) is 0 Å². The summed E-state index contributed by atoms with van der Waals surface area (Å²) in [5.74, 6) is 0.286. The molecule has 0 aliphatic carbocycles. The molecule has 4 rings (SSSR count). The van der Waals surface area contributed by atoms with Crippen molar-refractivity contribution in [1.82, 2.24) is 9.97 Å². The van der Waals surface area contributed by atoms with E-state index in [4.69, 9.17) is 0 Å². The predicted molar refractivity (Wildman–Crippen MR) is 173 cm³/mol. The van der Waals surface area contributed by atoms with Crippen molar-refractivity contribution < 1.29 is 30.0 Å². The van der Waals surface area contributed by atoms with Crippen LogP contribution in [-0.4, -0.2) is 20.9 Å². The second-order valence-electron chi connectivity index (χ2n) is 12.0. The number of aromatic nitrogens is 2. The van der Waals surface area contributed by atoms with E-state index in [1.54, 1.807) is 6.33 Å². The Balaban J connectivity index is 0.000000307. The van der Waals surface area contributed by atoms with E-state index in [2.05, 4.69) is 80.1 Å². The maximum atomic E-state index is 12.2. The molecule has 0 bridgehead atoms. The van der Waals surface area contributed by atoms with Crippen LogP contribution >= 0.6 is 0 Å². The first kappa shape index (κ1) is 35.3. The number of allylic oxidation sites excluding steroid dienone is 2. The molecule has 0 spiro atoms. The number of carbonyl (C=O) groups excluding carboxylic acids is 1. The van der Waals surface area contributed by atoms with Crippen molar-refractivity contribution in [3.05, 3.63) is 82.9 Å². The van der Waals surface area contributed by atoms with E-state index in [1.807, 2.05) is 41.5 Å². The van der Waals surface area contributed by atoms with Crippen molar-refractivity contribution in [2.24, 2.45) is 10.8 Å². The average molecular weight is 744 g/mol.